The lowest BCUT2D eigenvalue weighted by molar-refractivity contribution is 0.0944. The molecule has 7 heteroatoms. The van der Waals surface area contributed by atoms with Crippen molar-refractivity contribution >= 4 is 11.7 Å². The van der Waals surface area contributed by atoms with Crippen molar-refractivity contribution in [2.24, 2.45) is 0 Å². The van der Waals surface area contributed by atoms with Crippen molar-refractivity contribution < 1.29 is 9.53 Å². The molecule has 0 aliphatic heterocycles. The standard InChI is InChI=1S/C17H23N5O2/c1-22(2)11-10-18-16-9-8-14(20-21-16)17(23)19-12-13-6-4-5-7-15(13)24-3/h4-9H,10-12H2,1-3H3,(H,18,21)(H,19,23). The number of ether oxygens (including phenoxy) is 1. The van der Waals surface area contributed by atoms with Gasteiger partial charge in [0, 0.05) is 25.2 Å². The van der Waals surface area contributed by atoms with Crippen molar-refractivity contribution in [3.05, 3.63) is 47.7 Å². The van der Waals surface area contributed by atoms with Crippen LogP contribution in [0.1, 0.15) is 16.1 Å². The van der Waals surface area contributed by atoms with Crippen LogP contribution >= 0.6 is 0 Å². The predicted molar refractivity (Wildman–Crippen MR) is 93.2 cm³/mol. The fourth-order valence-corrected chi connectivity index (χ4v) is 2.07. The first kappa shape index (κ1) is 17.7. The van der Waals surface area contributed by atoms with E-state index in [2.05, 4.69) is 25.7 Å². The van der Waals surface area contributed by atoms with Crippen LogP contribution in [-0.4, -0.2) is 55.3 Å². The maximum atomic E-state index is 12.2. The molecular formula is C17H23N5O2. The summed E-state index contributed by atoms with van der Waals surface area (Å²) < 4.78 is 5.26. The van der Waals surface area contributed by atoms with E-state index < -0.39 is 0 Å². The number of nitrogens with zero attached hydrogens (tertiary/aromatic N) is 3. The molecule has 2 N–H and O–H groups in total. The number of anilines is 1. The van der Waals surface area contributed by atoms with Crippen LogP contribution in [0, 0.1) is 0 Å². The van der Waals surface area contributed by atoms with Gasteiger partial charge < -0.3 is 20.3 Å². The van der Waals surface area contributed by atoms with Crippen molar-refractivity contribution in [3.63, 3.8) is 0 Å². The summed E-state index contributed by atoms with van der Waals surface area (Å²) in [6.45, 7) is 2.03. The fourth-order valence-electron chi connectivity index (χ4n) is 2.07. The Hall–Kier alpha value is -2.67. The largest absolute Gasteiger partial charge is 0.496 e. The minimum atomic E-state index is -0.270. The predicted octanol–water partition coefficient (Wildman–Crippen LogP) is 1.39. The Labute approximate surface area is 142 Å². The highest BCUT2D eigenvalue weighted by atomic mass is 16.5. The number of carbonyl (C=O) groups is 1. The van der Waals surface area contributed by atoms with Gasteiger partial charge in [-0.3, -0.25) is 4.79 Å². The minimum absolute atomic E-state index is 0.270. The summed E-state index contributed by atoms with van der Waals surface area (Å²) in [6.07, 6.45) is 0. The molecule has 2 rings (SSSR count). The number of carbonyl (C=O) groups excluding carboxylic acids is 1. The van der Waals surface area contributed by atoms with Gasteiger partial charge in [-0.2, -0.15) is 0 Å². The normalized spacial score (nSPS) is 10.5. The lowest BCUT2D eigenvalue weighted by Crippen LogP contribution is -2.25. The van der Waals surface area contributed by atoms with E-state index >= 15 is 0 Å². The average Bonchev–Trinajstić information content (AvgIpc) is 2.60. The third-order valence-corrected chi connectivity index (χ3v) is 3.39. The second-order valence-corrected chi connectivity index (χ2v) is 5.53. The SMILES string of the molecule is COc1ccccc1CNC(=O)c1ccc(NCCN(C)C)nn1. The molecule has 1 aromatic carbocycles. The molecule has 1 heterocycles. The van der Waals surface area contributed by atoms with Gasteiger partial charge in [0.15, 0.2) is 5.69 Å². The number of aromatic nitrogens is 2. The highest BCUT2D eigenvalue weighted by Gasteiger charge is 2.09. The molecule has 0 bridgehead atoms. The smallest absolute Gasteiger partial charge is 0.272 e. The number of benzene rings is 1. The molecule has 7 nitrogen and oxygen atoms in total. The van der Waals surface area contributed by atoms with Crippen LogP contribution in [0.5, 0.6) is 5.75 Å². The number of rotatable bonds is 8. The summed E-state index contributed by atoms with van der Waals surface area (Å²) in [5, 5.41) is 14.0. The molecule has 1 aromatic heterocycles. The highest BCUT2D eigenvalue weighted by molar-refractivity contribution is 5.92. The van der Waals surface area contributed by atoms with Gasteiger partial charge in [0.25, 0.3) is 5.91 Å². The Morgan fingerprint density at radius 1 is 1.17 bits per heavy atom. The number of hydrogen-bond acceptors (Lipinski definition) is 6. The van der Waals surface area contributed by atoms with Gasteiger partial charge in [-0.15, -0.1) is 10.2 Å². The maximum absolute atomic E-state index is 12.2. The summed E-state index contributed by atoms with van der Waals surface area (Å²) in [5.74, 6) is 1.12. The topological polar surface area (TPSA) is 79.4 Å². The molecule has 24 heavy (non-hydrogen) atoms. The van der Waals surface area contributed by atoms with E-state index in [-0.39, 0.29) is 11.6 Å². The highest BCUT2D eigenvalue weighted by Crippen LogP contribution is 2.16. The number of likely N-dealkylation sites (N-methyl/N-ethyl adjacent to an activating group) is 1. The van der Waals surface area contributed by atoms with E-state index in [4.69, 9.17) is 4.74 Å². The monoisotopic (exact) mass is 329 g/mol. The third kappa shape index (κ3) is 5.20. The van der Waals surface area contributed by atoms with E-state index in [1.807, 2.05) is 38.4 Å². The van der Waals surface area contributed by atoms with Crippen LogP contribution in [0.4, 0.5) is 5.82 Å². The van der Waals surface area contributed by atoms with Gasteiger partial charge >= 0.3 is 0 Å². The zero-order chi connectivity index (χ0) is 17.4. The summed E-state index contributed by atoms with van der Waals surface area (Å²) in [4.78, 5) is 14.2. The van der Waals surface area contributed by atoms with Crippen molar-refractivity contribution in [2.75, 3.05) is 39.6 Å². The van der Waals surface area contributed by atoms with Crippen molar-refractivity contribution in [2.45, 2.75) is 6.54 Å². The van der Waals surface area contributed by atoms with Crippen LogP contribution in [0.3, 0.4) is 0 Å². The molecule has 0 radical (unpaired) electrons. The van der Waals surface area contributed by atoms with Crippen LogP contribution in [0.2, 0.25) is 0 Å². The lowest BCUT2D eigenvalue weighted by Gasteiger charge is -2.11. The Balaban J connectivity index is 1.88. The van der Waals surface area contributed by atoms with Gasteiger partial charge in [-0.05, 0) is 32.3 Å². The molecule has 0 saturated heterocycles. The Kier molecular flexibility index (Phi) is 6.51. The van der Waals surface area contributed by atoms with Crippen molar-refractivity contribution in [1.82, 2.24) is 20.4 Å². The summed E-state index contributed by atoms with van der Waals surface area (Å²) in [7, 11) is 5.61. The van der Waals surface area contributed by atoms with Gasteiger partial charge in [-0.1, -0.05) is 18.2 Å². The van der Waals surface area contributed by atoms with E-state index in [1.165, 1.54) is 0 Å². The molecule has 2 aromatic rings. The first-order valence-corrected chi connectivity index (χ1v) is 7.72. The molecule has 0 fully saturated rings. The Bertz CT molecular complexity index is 658. The van der Waals surface area contributed by atoms with Gasteiger partial charge in [0.2, 0.25) is 0 Å². The van der Waals surface area contributed by atoms with E-state index in [1.54, 1.807) is 19.2 Å². The number of para-hydroxylation sites is 1. The van der Waals surface area contributed by atoms with Crippen LogP contribution in [-0.2, 0) is 6.54 Å². The van der Waals surface area contributed by atoms with E-state index in [0.717, 1.165) is 24.4 Å². The zero-order valence-corrected chi connectivity index (χ0v) is 14.2. The first-order valence-electron chi connectivity index (χ1n) is 7.72. The van der Waals surface area contributed by atoms with E-state index in [9.17, 15) is 4.79 Å². The number of hydrogen-bond donors (Lipinski definition) is 2. The van der Waals surface area contributed by atoms with Gasteiger partial charge in [0.1, 0.15) is 11.6 Å². The van der Waals surface area contributed by atoms with Crippen molar-refractivity contribution in [1.29, 1.82) is 0 Å². The minimum Gasteiger partial charge on any atom is -0.496 e. The van der Waals surface area contributed by atoms with Crippen molar-refractivity contribution in [3.8, 4) is 5.75 Å². The van der Waals surface area contributed by atoms with Gasteiger partial charge in [-0.25, -0.2) is 0 Å². The third-order valence-electron chi connectivity index (χ3n) is 3.39. The van der Waals surface area contributed by atoms with Crippen LogP contribution in [0.25, 0.3) is 0 Å². The summed E-state index contributed by atoms with van der Waals surface area (Å²) >= 11 is 0. The quantitative estimate of drug-likeness (QED) is 0.762. The zero-order valence-electron chi connectivity index (χ0n) is 14.2. The Morgan fingerprint density at radius 3 is 2.62 bits per heavy atom. The maximum Gasteiger partial charge on any atom is 0.272 e. The van der Waals surface area contributed by atoms with Crippen LogP contribution < -0.4 is 15.4 Å². The fraction of sp³-hybridized carbons (Fsp3) is 0.353. The van der Waals surface area contributed by atoms with Gasteiger partial charge in [0.05, 0.1) is 7.11 Å². The van der Waals surface area contributed by atoms with Crippen LogP contribution in [0.15, 0.2) is 36.4 Å². The lowest BCUT2D eigenvalue weighted by atomic mass is 10.2. The molecular weight excluding hydrogens is 306 g/mol. The molecule has 0 saturated carbocycles. The summed E-state index contributed by atoms with van der Waals surface area (Å²) in [6, 6.07) is 11.0. The number of amides is 1. The molecule has 0 aliphatic rings. The molecule has 0 spiro atoms. The molecule has 0 aliphatic carbocycles. The Morgan fingerprint density at radius 2 is 1.96 bits per heavy atom. The number of nitrogens with one attached hydrogen (secondary N) is 2. The molecule has 0 atom stereocenters. The van der Waals surface area contributed by atoms with E-state index in [0.29, 0.717) is 12.4 Å². The molecule has 1 amide bonds. The second-order valence-electron chi connectivity index (χ2n) is 5.53. The first-order chi connectivity index (χ1) is 11.6. The average molecular weight is 329 g/mol. The number of methoxy groups -OCH3 is 1. The summed E-state index contributed by atoms with van der Waals surface area (Å²) in [5.41, 5.74) is 1.19. The second kappa shape index (κ2) is 8.83. The molecule has 0 unspecified atom stereocenters. The molecule has 128 valence electrons.